The fourth-order valence-electron chi connectivity index (χ4n) is 1.68. The molecule has 0 bridgehead atoms. The smallest absolute Gasteiger partial charge is 0.274 e. The third-order valence-corrected chi connectivity index (χ3v) is 3.18. The Morgan fingerprint density at radius 3 is 2.33 bits per heavy atom. The summed E-state index contributed by atoms with van der Waals surface area (Å²) < 4.78 is 10.1. The van der Waals surface area contributed by atoms with Crippen molar-refractivity contribution >= 4 is 17.5 Å². The lowest BCUT2D eigenvalue weighted by Gasteiger charge is -2.22. The minimum Gasteiger partial charge on any atom is -0.383 e. The van der Waals surface area contributed by atoms with Gasteiger partial charge in [0, 0.05) is 33.2 Å². The van der Waals surface area contributed by atoms with Crippen LogP contribution in [0.5, 0.6) is 0 Å². The first-order chi connectivity index (χ1) is 10.0. The van der Waals surface area contributed by atoms with Gasteiger partial charge in [-0.2, -0.15) is 0 Å². The van der Waals surface area contributed by atoms with Crippen molar-refractivity contribution in [1.29, 1.82) is 0 Å². The number of carbonyl (C=O) groups excluding carboxylic acids is 1. The van der Waals surface area contributed by atoms with Crippen LogP contribution in [0.25, 0.3) is 0 Å². The van der Waals surface area contributed by atoms with Gasteiger partial charge in [0.2, 0.25) is 0 Å². The molecule has 0 saturated heterocycles. The van der Waals surface area contributed by atoms with Gasteiger partial charge in [-0.05, 0) is 0 Å². The van der Waals surface area contributed by atoms with Crippen molar-refractivity contribution in [3.63, 3.8) is 0 Å². The third-order valence-electron chi connectivity index (χ3n) is 2.90. The topological polar surface area (TPSA) is 64.6 Å². The second-order valence-corrected chi connectivity index (χ2v) is 5.26. The van der Waals surface area contributed by atoms with E-state index in [0.717, 1.165) is 0 Å². The van der Waals surface area contributed by atoms with Crippen LogP contribution in [-0.4, -0.2) is 61.3 Å². The van der Waals surface area contributed by atoms with Crippen LogP contribution >= 0.6 is 11.6 Å². The van der Waals surface area contributed by atoms with Crippen LogP contribution in [-0.2, 0) is 9.47 Å². The van der Waals surface area contributed by atoms with E-state index in [1.165, 1.54) is 6.20 Å². The molecule has 0 unspecified atom stereocenters. The summed E-state index contributed by atoms with van der Waals surface area (Å²) in [7, 11) is 3.18. The van der Waals surface area contributed by atoms with Gasteiger partial charge in [-0.25, -0.2) is 9.97 Å². The van der Waals surface area contributed by atoms with Crippen molar-refractivity contribution in [2.24, 2.45) is 0 Å². The largest absolute Gasteiger partial charge is 0.383 e. The Bertz CT molecular complexity index is 461. The molecule has 118 valence electrons. The van der Waals surface area contributed by atoms with Gasteiger partial charge in [0.25, 0.3) is 5.91 Å². The SMILES string of the molecule is COCCN(CCOC)C(=O)c1nc(C(C)C)ncc1Cl. The predicted molar refractivity (Wildman–Crippen MR) is 80.8 cm³/mol. The van der Waals surface area contributed by atoms with Crippen LogP contribution in [0, 0.1) is 0 Å². The van der Waals surface area contributed by atoms with Crippen molar-refractivity contribution in [3.8, 4) is 0 Å². The number of hydrogen-bond donors (Lipinski definition) is 0. The number of aromatic nitrogens is 2. The summed E-state index contributed by atoms with van der Waals surface area (Å²) in [6.07, 6.45) is 1.47. The molecule has 1 aromatic heterocycles. The van der Waals surface area contributed by atoms with E-state index in [4.69, 9.17) is 21.1 Å². The third kappa shape index (κ3) is 5.22. The van der Waals surface area contributed by atoms with E-state index < -0.39 is 0 Å². The van der Waals surface area contributed by atoms with Crippen LogP contribution in [0.15, 0.2) is 6.20 Å². The van der Waals surface area contributed by atoms with E-state index in [2.05, 4.69) is 9.97 Å². The first kappa shape index (κ1) is 17.8. The van der Waals surface area contributed by atoms with Crippen LogP contribution in [0.4, 0.5) is 0 Å². The number of rotatable bonds is 8. The first-order valence-electron chi connectivity index (χ1n) is 6.80. The van der Waals surface area contributed by atoms with E-state index in [0.29, 0.717) is 32.1 Å². The monoisotopic (exact) mass is 315 g/mol. The number of carbonyl (C=O) groups is 1. The molecule has 7 heteroatoms. The minimum absolute atomic E-state index is 0.125. The molecule has 0 fully saturated rings. The lowest BCUT2D eigenvalue weighted by Crippen LogP contribution is -2.37. The average molecular weight is 316 g/mol. The van der Waals surface area contributed by atoms with E-state index in [1.807, 2.05) is 13.8 Å². The summed E-state index contributed by atoms with van der Waals surface area (Å²) in [6.45, 7) is 5.71. The van der Waals surface area contributed by atoms with Gasteiger partial charge in [0.15, 0.2) is 5.69 Å². The number of nitrogens with zero attached hydrogens (tertiary/aromatic N) is 3. The molecule has 1 heterocycles. The van der Waals surface area contributed by atoms with Gasteiger partial charge in [0.1, 0.15) is 5.82 Å². The Balaban J connectivity index is 2.98. The summed E-state index contributed by atoms with van der Waals surface area (Å²) in [5.41, 5.74) is 0.225. The molecule has 0 radical (unpaired) electrons. The molecule has 0 N–H and O–H groups in total. The summed E-state index contributed by atoms with van der Waals surface area (Å²) in [6, 6.07) is 0. The maximum Gasteiger partial charge on any atom is 0.274 e. The summed E-state index contributed by atoms with van der Waals surface area (Å²) >= 11 is 6.07. The number of amides is 1. The van der Waals surface area contributed by atoms with Crippen molar-refractivity contribution in [2.45, 2.75) is 19.8 Å². The minimum atomic E-state index is -0.238. The summed E-state index contributed by atoms with van der Waals surface area (Å²) in [4.78, 5) is 22.6. The van der Waals surface area contributed by atoms with Crippen LogP contribution in [0.3, 0.4) is 0 Å². The van der Waals surface area contributed by atoms with Crippen LogP contribution in [0.2, 0.25) is 5.02 Å². The lowest BCUT2D eigenvalue weighted by molar-refractivity contribution is 0.0621. The normalized spacial score (nSPS) is 11.0. The predicted octanol–water partition coefficient (Wildman–Crippen LogP) is 1.99. The zero-order valence-electron chi connectivity index (χ0n) is 12.9. The van der Waals surface area contributed by atoms with Gasteiger partial charge in [0.05, 0.1) is 24.4 Å². The molecular weight excluding hydrogens is 294 g/mol. The highest BCUT2D eigenvalue weighted by Crippen LogP contribution is 2.18. The number of ether oxygens (including phenoxy) is 2. The Kier molecular flexibility index (Phi) is 7.56. The van der Waals surface area contributed by atoms with E-state index in [-0.39, 0.29) is 22.5 Å². The Hall–Kier alpha value is -1.24. The zero-order valence-corrected chi connectivity index (χ0v) is 13.7. The van der Waals surface area contributed by atoms with Crippen LogP contribution in [0.1, 0.15) is 36.1 Å². The van der Waals surface area contributed by atoms with Crippen molar-refractivity contribution in [2.75, 3.05) is 40.5 Å². The maximum atomic E-state index is 12.6. The zero-order chi connectivity index (χ0) is 15.8. The Labute approximate surface area is 130 Å². The standard InChI is InChI=1S/C14H22ClN3O3/c1-10(2)13-16-9-11(15)12(17-13)14(19)18(5-7-20-3)6-8-21-4/h9-10H,5-8H2,1-4H3. The highest BCUT2D eigenvalue weighted by molar-refractivity contribution is 6.33. The van der Waals surface area contributed by atoms with E-state index in [9.17, 15) is 4.79 Å². The van der Waals surface area contributed by atoms with E-state index >= 15 is 0 Å². The molecule has 0 aromatic carbocycles. The van der Waals surface area contributed by atoms with Gasteiger partial charge >= 0.3 is 0 Å². The van der Waals surface area contributed by atoms with Crippen molar-refractivity contribution in [3.05, 3.63) is 22.7 Å². The van der Waals surface area contributed by atoms with Gasteiger partial charge in [-0.15, -0.1) is 0 Å². The molecule has 1 rings (SSSR count). The molecule has 0 atom stereocenters. The molecule has 0 aliphatic carbocycles. The summed E-state index contributed by atoms with van der Waals surface area (Å²) in [5.74, 6) is 0.486. The highest BCUT2D eigenvalue weighted by atomic mass is 35.5. The van der Waals surface area contributed by atoms with Gasteiger partial charge in [-0.3, -0.25) is 4.79 Å². The molecule has 0 saturated carbocycles. The molecule has 0 spiro atoms. The Morgan fingerprint density at radius 2 is 1.86 bits per heavy atom. The first-order valence-corrected chi connectivity index (χ1v) is 7.18. The molecule has 1 amide bonds. The quantitative estimate of drug-likeness (QED) is 0.734. The molecule has 0 aliphatic heterocycles. The number of hydrogen-bond acceptors (Lipinski definition) is 5. The fraction of sp³-hybridized carbons (Fsp3) is 0.643. The maximum absolute atomic E-state index is 12.6. The second-order valence-electron chi connectivity index (χ2n) is 4.86. The number of methoxy groups -OCH3 is 2. The molecular formula is C14H22ClN3O3. The number of halogens is 1. The Morgan fingerprint density at radius 1 is 1.29 bits per heavy atom. The molecule has 6 nitrogen and oxygen atoms in total. The van der Waals surface area contributed by atoms with Crippen molar-refractivity contribution < 1.29 is 14.3 Å². The lowest BCUT2D eigenvalue weighted by atomic mass is 10.2. The van der Waals surface area contributed by atoms with Gasteiger partial charge < -0.3 is 14.4 Å². The molecule has 0 aliphatic rings. The van der Waals surface area contributed by atoms with Crippen molar-refractivity contribution in [1.82, 2.24) is 14.9 Å². The summed E-state index contributed by atoms with van der Waals surface area (Å²) in [5, 5.41) is 0.254. The second kappa shape index (κ2) is 8.92. The van der Waals surface area contributed by atoms with Gasteiger partial charge in [-0.1, -0.05) is 25.4 Å². The fourth-order valence-corrected chi connectivity index (χ4v) is 1.85. The highest BCUT2D eigenvalue weighted by Gasteiger charge is 2.21. The molecule has 21 heavy (non-hydrogen) atoms. The van der Waals surface area contributed by atoms with Crippen LogP contribution < -0.4 is 0 Å². The van der Waals surface area contributed by atoms with E-state index in [1.54, 1.807) is 19.1 Å². The average Bonchev–Trinajstić information content (AvgIpc) is 2.47. The molecule has 1 aromatic rings.